The summed E-state index contributed by atoms with van der Waals surface area (Å²) >= 11 is 1.07. The van der Waals surface area contributed by atoms with Crippen LogP contribution < -0.4 is 16.0 Å². The van der Waals surface area contributed by atoms with Crippen LogP contribution >= 0.6 is 11.5 Å². The quantitative estimate of drug-likeness (QED) is 0.806. The van der Waals surface area contributed by atoms with E-state index in [1.54, 1.807) is 24.3 Å². The summed E-state index contributed by atoms with van der Waals surface area (Å²) in [5, 5.41) is 11.8. The molecule has 2 rings (SSSR count). The average molecular weight is 305 g/mol. The first-order valence-corrected chi connectivity index (χ1v) is 7.12. The van der Waals surface area contributed by atoms with Gasteiger partial charge in [0.1, 0.15) is 4.88 Å². The smallest absolute Gasteiger partial charge is 0.318 e. The minimum Gasteiger partial charge on any atom is -0.341 e. The highest BCUT2D eigenvalue weighted by molar-refractivity contribution is 7.08. The third-order valence-corrected chi connectivity index (χ3v) is 3.47. The summed E-state index contributed by atoms with van der Waals surface area (Å²) in [4.78, 5) is 23.9. The molecule has 1 heterocycles. The van der Waals surface area contributed by atoms with Crippen LogP contribution in [0.15, 0.2) is 24.3 Å². The average Bonchev–Trinajstić information content (AvgIpc) is 2.96. The first kappa shape index (κ1) is 14.9. The molecule has 21 heavy (non-hydrogen) atoms. The van der Waals surface area contributed by atoms with Crippen LogP contribution in [0.4, 0.5) is 16.2 Å². The Labute approximate surface area is 125 Å². The SMILES string of the molecule is CCc1nnsc1C(=O)Nc1cccc(NC(=O)NC)c1. The molecule has 0 fully saturated rings. The Morgan fingerprint density at radius 3 is 2.62 bits per heavy atom. The monoisotopic (exact) mass is 305 g/mol. The zero-order valence-electron chi connectivity index (χ0n) is 11.6. The number of rotatable bonds is 4. The molecule has 0 atom stereocenters. The van der Waals surface area contributed by atoms with Gasteiger partial charge in [-0.25, -0.2) is 4.79 Å². The molecule has 1 aromatic heterocycles. The van der Waals surface area contributed by atoms with E-state index in [0.29, 0.717) is 28.4 Å². The molecule has 1 aromatic carbocycles. The normalized spacial score (nSPS) is 10.0. The zero-order chi connectivity index (χ0) is 15.2. The Balaban J connectivity index is 2.11. The van der Waals surface area contributed by atoms with Gasteiger partial charge in [0.15, 0.2) is 0 Å². The lowest BCUT2D eigenvalue weighted by molar-refractivity contribution is 0.102. The second kappa shape index (κ2) is 6.80. The van der Waals surface area contributed by atoms with E-state index in [2.05, 4.69) is 25.5 Å². The van der Waals surface area contributed by atoms with Crippen molar-refractivity contribution in [3.63, 3.8) is 0 Å². The second-order valence-electron chi connectivity index (χ2n) is 4.14. The summed E-state index contributed by atoms with van der Waals surface area (Å²) in [5.41, 5.74) is 1.85. The lowest BCUT2D eigenvalue weighted by atomic mass is 10.2. The van der Waals surface area contributed by atoms with Gasteiger partial charge in [-0.05, 0) is 36.2 Å². The fourth-order valence-corrected chi connectivity index (χ4v) is 2.31. The van der Waals surface area contributed by atoms with Crippen molar-refractivity contribution in [3.05, 3.63) is 34.8 Å². The number of benzene rings is 1. The van der Waals surface area contributed by atoms with Crippen molar-refractivity contribution in [1.82, 2.24) is 14.9 Å². The molecule has 0 bridgehead atoms. The number of amides is 3. The van der Waals surface area contributed by atoms with Gasteiger partial charge >= 0.3 is 6.03 Å². The lowest BCUT2D eigenvalue weighted by Gasteiger charge is -2.08. The Hall–Kier alpha value is -2.48. The maximum Gasteiger partial charge on any atom is 0.318 e. The molecule has 0 spiro atoms. The fraction of sp³-hybridized carbons (Fsp3) is 0.231. The number of aryl methyl sites for hydroxylation is 1. The molecule has 2 aromatic rings. The van der Waals surface area contributed by atoms with Gasteiger partial charge in [0.05, 0.1) is 5.69 Å². The molecule has 0 aliphatic carbocycles. The van der Waals surface area contributed by atoms with E-state index in [1.807, 2.05) is 6.92 Å². The highest BCUT2D eigenvalue weighted by Crippen LogP contribution is 2.18. The minimum absolute atomic E-state index is 0.251. The topological polar surface area (TPSA) is 96.0 Å². The lowest BCUT2D eigenvalue weighted by Crippen LogP contribution is -2.24. The van der Waals surface area contributed by atoms with Gasteiger partial charge in [-0.1, -0.05) is 17.5 Å². The standard InChI is InChI=1S/C13H15N5O2S/c1-3-10-11(21-18-17-10)12(19)15-8-5-4-6-9(7-8)16-13(20)14-2/h4-7H,3H2,1-2H3,(H,15,19)(H2,14,16,20). The van der Waals surface area contributed by atoms with Gasteiger partial charge in [-0.3, -0.25) is 4.79 Å². The number of nitrogens with zero attached hydrogens (tertiary/aromatic N) is 2. The third-order valence-electron chi connectivity index (χ3n) is 2.70. The van der Waals surface area contributed by atoms with E-state index in [1.165, 1.54) is 7.05 Å². The molecule has 0 radical (unpaired) electrons. The molecular weight excluding hydrogens is 290 g/mol. The van der Waals surface area contributed by atoms with E-state index in [-0.39, 0.29) is 11.9 Å². The van der Waals surface area contributed by atoms with Crippen molar-refractivity contribution in [2.24, 2.45) is 0 Å². The summed E-state index contributed by atoms with van der Waals surface area (Å²) in [6.07, 6.45) is 0.650. The maximum absolute atomic E-state index is 12.2. The molecule has 0 aliphatic rings. The third kappa shape index (κ3) is 3.76. The Morgan fingerprint density at radius 1 is 1.24 bits per heavy atom. The molecule has 8 heteroatoms. The zero-order valence-corrected chi connectivity index (χ0v) is 12.5. The maximum atomic E-state index is 12.2. The highest BCUT2D eigenvalue weighted by atomic mass is 32.1. The summed E-state index contributed by atoms with van der Waals surface area (Å²) < 4.78 is 3.79. The molecule has 0 saturated heterocycles. The summed E-state index contributed by atoms with van der Waals surface area (Å²) in [6.45, 7) is 1.92. The van der Waals surface area contributed by atoms with Gasteiger partial charge < -0.3 is 16.0 Å². The Bertz CT molecular complexity index is 656. The number of aromatic nitrogens is 2. The van der Waals surface area contributed by atoms with E-state index in [0.717, 1.165) is 11.5 Å². The summed E-state index contributed by atoms with van der Waals surface area (Å²) in [5.74, 6) is -0.251. The van der Waals surface area contributed by atoms with E-state index >= 15 is 0 Å². The molecule has 0 saturated carbocycles. The number of urea groups is 1. The fourth-order valence-electron chi connectivity index (χ4n) is 1.67. The van der Waals surface area contributed by atoms with E-state index in [4.69, 9.17) is 0 Å². The van der Waals surface area contributed by atoms with Crippen molar-refractivity contribution in [1.29, 1.82) is 0 Å². The van der Waals surface area contributed by atoms with Gasteiger partial charge in [0, 0.05) is 18.4 Å². The van der Waals surface area contributed by atoms with Gasteiger partial charge in [0.2, 0.25) is 0 Å². The molecule has 0 aliphatic heterocycles. The molecule has 7 nitrogen and oxygen atoms in total. The molecular formula is C13H15N5O2S. The minimum atomic E-state index is -0.321. The van der Waals surface area contributed by atoms with Crippen LogP contribution in [0.5, 0.6) is 0 Å². The first-order chi connectivity index (χ1) is 10.1. The summed E-state index contributed by atoms with van der Waals surface area (Å²) in [7, 11) is 1.53. The Morgan fingerprint density at radius 2 is 1.95 bits per heavy atom. The number of hydrogen-bond donors (Lipinski definition) is 3. The van der Waals surface area contributed by atoms with Gasteiger partial charge in [-0.2, -0.15) is 0 Å². The molecule has 0 unspecified atom stereocenters. The number of nitrogens with one attached hydrogen (secondary N) is 3. The Kier molecular flexibility index (Phi) is 4.83. The van der Waals surface area contributed by atoms with Crippen molar-refractivity contribution >= 4 is 34.8 Å². The van der Waals surface area contributed by atoms with Crippen LogP contribution in [0.1, 0.15) is 22.3 Å². The number of anilines is 2. The van der Waals surface area contributed by atoms with Crippen LogP contribution in [-0.4, -0.2) is 28.6 Å². The molecule has 110 valence electrons. The first-order valence-electron chi connectivity index (χ1n) is 6.35. The van der Waals surface area contributed by atoms with Crippen molar-refractivity contribution < 1.29 is 9.59 Å². The molecule has 3 amide bonds. The van der Waals surface area contributed by atoms with Crippen LogP contribution in [0.25, 0.3) is 0 Å². The second-order valence-corrected chi connectivity index (χ2v) is 4.90. The predicted octanol–water partition coefficient (Wildman–Crippen LogP) is 2.10. The predicted molar refractivity (Wildman–Crippen MR) is 81.8 cm³/mol. The van der Waals surface area contributed by atoms with Crippen LogP contribution in [0, 0.1) is 0 Å². The van der Waals surface area contributed by atoms with Crippen molar-refractivity contribution in [2.45, 2.75) is 13.3 Å². The number of hydrogen-bond acceptors (Lipinski definition) is 5. The highest BCUT2D eigenvalue weighted by Gasteiger charge is 2.15. The van der Waals surface area contributed by atoms with Crippen molar-refractivity contribution in [3.8, 4) is 0 Å². The molecule has 3 N–H and O–H groups in total. The van der Waals surface area contributed by atoms with Crippen LogP contribution in [-0.2, 0) is 6.42 Å². The number of carbonyl (C=O) groups is 2. The summed E-state index contributed by atoms with van der Waals surface area (Å²) in [6, 6.07) is 6.57. The van der Waals surface area contributed by atoms with E-state index < -0.39 is 0 Å². The van der Waals surface area contributed by atoms with Crippen molar-refractivity contribution in [2.75, 3.05) is 17.7 Å². The van der Waals surface area contributed by atoms with Crippen LogP contribution in [0.3, 0.4) is 0 Å². The van der Waals surface area contributed by atoms with Crippen LogP contribution in [0.2, 0.25) is 0 Å². The van der Waals surface area contributed by atoms with E-state index in [9.17, 15) is 9.59 Å². The largest absolute Gasteiger partial charge is 0.341 e. The van der Waals surface area contributed by atoms with Gasteiger partial charge in [0.25, 0.3) is 5.91 Å². The number of carbonyl (C=O) groups excluding carboxylic acids is 2. The van der Waals surface area contributed by atoms with Gasteiger partial charge in [-0.15, -0.1) is 5.10 Å².